The van der Waals surface area contributed by atoms with E-state index in [4.69, 9.17) is 28.5 Å². The minimum Gasteiger partial charge on any atom is -0.294 e. The minimum atomic E-state index is 0.0804. The summed E-state index contributed by atoms with van der Waals surface area (Å²) in [5, 5.41) is 10.1. The fourth-order valence-corrected chi connectivity index (χ4v) is 4.66. The maximum Gasteiger partial charge on any atom is 0.162 e. The van der Waals surface area contributed by atoms with Crippen molar-refractivity contribution in [3.05, 3.63) is 93.0 Å². The van der Waals surface area contributed by atoms with Crippen LogP contribution in [-0.2, 0) is 6.42 Å². The van der Waals surface area contributed by atoms with E-state index in [-0.39, 0.29) is 11.7 Å². The molecule has 0 bridgehead atoms. The summed E-state index contributed by atoms with van der Waals surface area (Å²) in [7, 11) is 0. The molecule has 0 spiro atoms. The lowest BCUT2D eigenvalue weighted by molar-refractivity contribution is 0.0980. The van der Waals surface area contributed by atoms with Gasteiger partial charge in [0.15, 0.2) is 5.78 Å². The highest BCUT2D eigenvalue weighted by Crippen LogP contribution is 2.43. The molecule has 0 saturated carbocycles. The van der Waals surface area contributed by atoms with Gasteiger partial charge in [-0.1, -0.05) is 59.6 Å². The standard InChI is InChI=1S/C26H21Cl2NO/c27-21-10-12-25(28)24(16-21)22-11-9-17-7-8-19(15-23(17)22)18-4-3-5-20(14-18)26(30)6-1-2-13-29/h3-5,7-8,10,12,14-16,22H,1-2,6,9,11H2. The fourth-order valence-electron chi connectivity index (χ4n) is 4.23. The van der Waals surface area contributed by atoms with Gasteiger partial charge in [-0.3, -0.25) is 4.79 Å². The Kier molecular flexibility index (Phi) is 6.23. The Hall–Kier alpha value is -2.60. The molecule has 4 heteroatoms. The van der Waals surface area contributed by atoms with Crippen molar-refractivity contribution in [3.8, 4) is 17.2 Å². The number of carbonyl (C=O) groups excluding carboxylic acids is 1. The zero-order valence-corrected chi connectivity index (χ0v) is 18.0. The minimum absolute atomic E-state index is 0.0804. The number of unbranched alkanes of at least 4 members (excludes halogenated alkanes) is 1. The van der Waals surface area contributed by atoms with Crippen LogP contribution in [-0.4, -0.2) is 5.78 Å². The molecule has 2 nitrogen and oxygen atoms in total. The first-order chi connectivity index (χ1) is 14.6. The molecule has 0 aliphatic heterocycles. The van der Waals surface area contributed by atoms with Gasteiger partial charge in [0.05, 0.1) is 6.07 Å². The Balaban J connectivity index is 1.65. The summed E-state index contributed by atoms with van der Waals surface area (Å²) in [6, 6.07) is 22.0. The highest BCUT2D eigenvalue weighted by molar-refractivity contribution is 6.33. The van der Waals surface area contributed by atoms with E-state index in [9.17, 15) is 4.79 Å². The maximum absolute atomic E-state index is 12.5. The van der Waals surface area contributed by atoms with E-state index >= 15 is 0 Å². The number of ketones is 1. The number of rotatable bonds is 6. The van der Waals surface area contributed by atoms with Gasteiger partial charge in [-0.15, -0.1) is 0 Å². The average Bonchev–Trinajstić information content (AvgIpc) is 3.18. The van der Waals surface area contributed by atoms with Crippen LogP contribution in [0.4, 0.5) is 0 Å². The molecule has 0 heterocycles. The van der Waals surface area contributed by atoms with Gasteiger partial charge < -0.3 is 0 Å². The number of nitrogens with zero attached hydrogens (tertiary/aromatic N) is 1. The molecule has 1 unspecified atom stereocenters. The summed E-state index contributed by atoms with van der Waals surface area (Å²) in [6.07, 6.45) is 3.43. The van der Waals surface area contributed by atoms with Gasteiger partial charge in [-0.05, 0) is 71.3 Å². The van der Waals surface area contributed by atoms with Crippen molar-refractivity contribution in [3.63, 3.8) is 0 Å². The predicted molar refractivity (Wildman–Crippen MR) is 122 cm³/mol. The van der Waals surface area contributed by atoms with Crippen molar-refractivity contribution in [1.29, 1.82) is 5.26 Å². The second kappa shape index (κ2) is 9.04. The maximum atomic E-state index is 12.5. The van der Waals surface area contributed by atoms with Crippen LogP contribution >= 0.6 is 23.2 Å². The largest absolute Gasteiger partial charge is 0.294 e. The molecule has 3 aromatic carbocycles. The van der Waals surface area contributed by atoms with Crippen molar-refractivity contribution < 1.29 is 4.79 Å². The second-order valence-corrected chi connectivity index (χ2v) is 8.53. The number of fused-ring (bicyclic) bond motifs is 1. The molecule has 30 heavy (non-hydrogen) atoms. The van der Waals surface area contributed by atoms with Crippen LogP contribution in [0.15, 0.2) is 60.7 Å². The van der Waals surface area contributed by atoms with Crippen LogP contribution in [0.5, 0.6) is 0 Å². The summed E-state index contributed by atoms with van der Waals surface area (Å²) < 4.78 is 0. The Morgan fingerprint density at radius 2 is 1.83 bits per heavy atom. The fraction of sp³-hybridized carbons (Fsp3) is 0.231. The molecule has 1 aliphatic rings. The predicted octanol–water partition coefficient (Wildman–Crippen LogP) is 7.62. The molecular formula is C26H21Cl2NO. The zero-order valence-electron chi connectivity index (χ0n) is 16.5. The Morgan fingerprint density at radius 3 is 2.67 bits per heavy atom. The lowest BCUT2D eigenvalue weighted by Crippen LogP contribution is -2.00. The topological polar surface area (TPSA) is 40.9 Å². The van der Waals surface area contributed by atoms with Crippen molar-refractivity contribution >= 4 is 29.0 Å². The quantitative estimate of drug-likeness (QED) is 0.296. The summed E-state index contributed by atoms with van der Waals surface area (Å²) >= 11 is 12.7. The normalized spacial score (nSPS) is 14.9. The highest BCUT2D eigenvalue weighted by Gasteiger charge is 2.26. The van der Waals surface area contributed by atoms with E-state index in [2.05, 4.69) is 24.3 Å². The van der Waals surface area contributed by atoms with Crippen molar-refractivity contribution in [2.45, 2.75) is 38.0 Å². The Bertz CT molecular complexity index is 1150. The molecule has 0 amide bonds. The molecule has 0 fully saturated rings. The first-order valence-electron chi connectivity index (χ1n) is 10.1. The van der Waals surface area contributed by atoms with Crippen LogP contribution in [0, 0.1) is 11.3 Å². The van der Waals surface area contributed by atoms with Crippen LogP contribution in [0.2, 0.25) is 10.0 Å². The van der Waals surface area contributed by atoms with Gasteiger partial charge in [0.25, 0.3) is 0 Å². The van der Waals surface area contributed by atoms with Gasteiger partial charge >= 0.3 is 0 Å². The zero-order chi connectivity index (χ0) is 21.1. The first-order valence-corrected chi connectivity index (χ1v) is 10.9. The van der Waals surface area contributed by atoms with Gasteiger partial charge in [-0.2, -0.15) is 5.26 Å². The summed E-state index contributed by atoms with van der Waals surface area (Å²) in [5.74, 6) is 0.304. The Labute approximate surface area is 187 Å². The molecule has 1 aliphatic carbocycles. The van der Waals surface area contributed by atoms with Crippen LogP contribution in [0.3, 0.4) is 0 Å². The van der Waals surface area contributed by atoms with Crippen molar-refractivity contribution in [2.75, 3.05) is 0 Å². The lowest BCUT2D eigenvalue weighted by Gasteiger charge is -2.16. The number of benzene rings is 3. The highest BCUT2D eigenvalue weighted by atomic mass is 35.5. The number of hydrogen-bond acceptors (Lipinski definition) is 2. The molecule has 150 valence electrons. The third-order valence-corrected chi connectivity index (χ3v) is 6.35. The lowest BCUT2D eigenvalue weighted by atomic mass is 9.90. The molecule has 0 saturated heterocycles. The van der Waals surface area contributed by atoms with Gasteiger partial charge in [0.2, 0.25) is 0 Å². The summed E-state index contributed by atoms with van der Waals surface area (Å²) in [6.45, 7) is 0. The van der Waals surface area contributed by atoms with E-state index < -0.39 is 0 Å². The van der Waals surface area contributed by atoms with Gasteiger partial charge in [0, 0.05) is 34.4 Å². The second-order valence-electron chi connectivity index (χ2n) is 7.69. The van der Waals surface area contributed by atoms with E-state index in [1.165, 1.54) is 11.1 Å². The number of halogens is 2. The molecular weight excluding hydrogens is 413 g/mol. The van der Waals surface area contributed by atoms with Crippen molar-refractivity contribution in [1.82, 2.24) is 0 Å². The summed E-state index contributed by atoms with van der Waals surface area (Å²) in [4.78, 5) is 12.5. The van der Waals surface area contributed by atoms with E-state index in [0.29, 0.717) is 29.8 Å². The third kappa shape index (κ3) is 4.29. The monoisotopic (exact) mass is 433 g/mol. The van der Waals surface area contributed by atoms with Gasteiger partial charge in [0.1, 0.15) is 0 Å². The number of hydrogen-bond donors (Lipinski definition) is 0. The molecule has 3 aromatic rings. The molecule has 0 N–H and O–H groups in total. The van der Waals surface area contributed by atoms with E-state index in [0.717, 1.165) is 34.6 Å². The summed E-state index contributed by atoms with van der Waals surface area (Å²) in [5.41, 5.74) is 6.49. The van der Waals surface area contributed by atoms with E-state index in [1.54, 1.807) is 0 Å². The van der Waals surface area contributed by atoms with Crippen LogP contribution in [0.1, 0.15) is 58.6 Å². The molecule has 1 atom stereocenters. The average molecular weight is 434 g/mol. The van der Waals surface area contributed by atoms with Crippen LogP contribution < -0.4 is 0 Å². The third-order valence-electron chi connectivity index (χ3n) is 5.77. The SMILES string of the molecule is N#CCCCC(=O)c1cccc(-c2ccc3c(c2)C(c2cc(Cl)ccc2Cl)CC3)c1. The number of aryl methyl sites for hydroxylation is 1. The number of carbonyl (C=O) groups is 1. The molecule has 0 aromatic heterocycles. The first kappa shape index (κ1) is 20.7. The van der Waals surface area contributed by atoms with Gasteiger partial charge in [-0.25, -0.2) is 0 Å². The number of Topliss-reactive ketones (excluding diaryl/α,β-unsaturated/α-hetero) is 1. The molecule has 4 rings (SSSR count). The van der Waals surface area contributed by atoms with E-state index in [1.807, 2.05) is 42.5 Å². The smallest absolute Gasteiger partial charge is 0.162 e. The van der Waals surface area contributed by atoms with Crippen LogP contribution in [0.25, 0.3) is 11.1 Å². The number of nitriles is 1. The molecule has 0 radical (unpaired) electrons. The van der Waals surface area contributed by atoms with Crippen molar-refractivity contribution in [2.24, 2.45) is 0 Å². The Morgan fingerprint density at radius 1 is 1.00 bits per heavy atom.